The molecule has 5 nitrogen and oxygen atoms in total. The second-order valence-corrected chi connectivity index (χ2v) is 4.91. The number of carbonyl (C=O) groups excluding carboxylic acids is 1. The summed E-state index contributed by atoms with van der Waals surface area (Å²) in [5, 5.41) is 9.63. The van der Waals surface area contributed by atoms with Crippen LogP contribution in [-0.4, -0.2) is 48.3 Å². The molecule has 0 saturated carbocycles. The number of carbonyl (C=O) groups is 1. The van der Waals surface area contributed by atoms with Gasteiger partial charge in [0.2, 0.25) is 0 Å². The van der Waals surface area contributed by atoms with Gasteiger partial charge in [-0.1, -0.05) is 0 Å². The second kappa shape index (κ2) is 5.09. The fraction of sp³-hybridized carbons (Fsp3) is 0.500. The summed E-state index contributed by atoms with van der Waals surface area (Å²) in [5.74, 6) is 1.24. The summed E-state index contributed by atoms with van der Waals surface area (Å²) >= 11 is 0. The third-order valence-corrected chi connectivity index (χ3v) is 3.47. The molecular weight excluding hydrogens is 246 g/mol. The van der Waals surface area contributed by atoms with Crippen molar-refractivity contribution in [2.45, 2.75) is 18.9 Å². The number of ether oxygens (including phenoxy) is 2. The Kier molecular flexibility index (Phi) is 3.29. The van der Waals surface area contributed by atoms with Crippen molar-refractivity contribution in [2.75, 3.05) is 26.3 Å². The number of aliphatic hydroxyl groups excluding tert-OH is 1. The quantitative estimate of drug-likeness (QED) is 0.823. The summed E-state index contributed by atoms with van der Waals surface area (Å²) in [4.78, 5) is 14.0. The first kappa shape index (κ1) is 12.3. The van der Waals surface area contributed by atoms with Crippen molar-refractivity contribution in [1.82, 2.24) is 4.90 Å². The highest BCUT2D eigenvalue weighted by molar-refractivity contribution is 5.95. The molecule has 1 N–H and O–H groups in total. The fourth-order valence-corrected chi connectivity index (χ4v) is 2.50. The van der Waals surface area contributed by atoms with E-state index in [1.807, 2.05) is 0 Å². The SMILES string of the molecule is O=C(c1ccc2c(c1)OCCO2)N1CCC[C@@H](O)C1. The minimum Gasteiger partial charge on any atom is -0.486 e. The van der Waals surface area contributed by atoms with Crippen LogP contribution in [0.2, 0.25) is 0 Å². The van der Waals surface area contributed by atoms with Crippen LogP contribution in [0, 0.1) is 0 Å². The number of piperidine rings is 1. The maximum atomic E-state index is 12.3. The number of rotatable bonds is 1. The highest BCUT2D eigenvalue weighted by Crippen LogP contribution is 2.31. The summed E-state index contributed by atoms with van der Waals surface area (Å²) in [6.07, 6.45) is 1.21. The number of hydrogen-bond donors (Lipinski definition) is 1. The van der Waals surface area contributed by atoms with E-state index < -0.39 is 6.10 Å². The topological polar surface area (TPSA) is 59.0 Å². The highest BCUT2D eigenvalue weighted by Gasteiger charge is 2.24. The van der Waals surface area contributed by atoms with Gasteiger partial charge in [0.05, 0.1) is 6.10 Å². The molecule has 1 fully saturated rings. The van der Waals surface area contributed by atoms with Gasteiger partial charge < -0.3 is 19.5 Å². The highest BCUT2D eigenvalue weighted by atomic mass is 16.6. The summed E-state index contributed by atoms with van der Waals surface area (Å²) in [6, 6.07) is 5.23. The zero-order chi connectivity index (χ0) is 13.2. The first-order valence-corrected chi connectivity index (χ1v) is 6.61. The van der Waals surface area contributed by atoms with E-state index in [1.54, 1.807) is 23.1 Å². The number of aliphatic hydroxyl groups is 1. The summed E-state index contributed by atoms with van der Waals surface area (Å²) in [7, 11) is 0. The molecule has 2 aliphatic heterocycles. The Morgan fingerprint density at radius 1 is 1.26 bits per heavy atom. The molecule has 0 aliphatic carbocycles. The van der Waals surface area contributed by atoms with Crippen molar-refractivity contribution in [2.24, 2.45) is 0 Å². The van der Waals surface area contributed by atoms with Gasteiger partial charge in [-0.3, -0.25) is 4.79 Å². The molecule has 0 unspecified atom stereocenters. The molecule has 2 aliphatic rings. The number of fused-ring (bicyclic) bond motifs is 1. The van der Waals surface area contributed by atoms with Crippen LogP contribution in [0.1, 0.15) is 23.2 Å². The molecular formula is C14H17NO4. The van der Waals surface area contributed by atoms with E-state index in [9.17, 15) is 9.90 Å². The largest absolute Gasteiger partial charge is 0.486 e. The van der Waals surface area contributed by atoms with Crippen molar-refractivity contribution in [3.8, 4) is 11.5 Å². The van der Waals surface area contributed by atoms with E-state index in [1.165, 1.54) is 0 Å². The van der Waals surface area contributed by atoms with Crippen LogP contribution in [0.3, 0.4) is 0 Å². The average molecular weight is 263 g/mol. The molecule has 1 aromatic carbocycles. The van der Waals surface area contributed by atoms with Gasteiger partial charge in [0.25, 0.3) is 5.91 Å². The Morgan fingerprint density at radius 2 is 2.05 bits per heavy atom. The normalized spacial score (nSPS) is 22.2. The summed E-state index contributed by atoms with van der Waals surface area (Å²) in [6.45, 7) is 2.16. The minimum absolute atomic E-state index is 0.0595. The standard InChI is InChI=1S/C14H17NO4/c16-11-2-1-5-15(9-11)14(17)10-3-4-12-13(8-10)19-7-6-18-12/h3-4,8,11,16H,1-2,5-7,9H2/t11-/m1/s1. The number of β-amino-alcohol motifs (C(OH)–C–C–N with tert-alkyl or cyclic N) is 1. The van der Waals surface area contributed by atoms with Gasteiger partial charge in [-0.05, 0) is 31.0 Å². The van der Waals surface area contributed by atoms with E-state index in [-0.39, 0.29) is 5.91 Å². The van der Waals surface area contributed by atoms with Crippen molar-refractivity contribution in [1.29, 1.82) is 0 Å². The Hall–Kier alpha value is -1.75. The molecule has 19 heavy (non-hydrogen) atoms. The molecule has 5 heteroatoms. The maximum absolute atomic E-state index is 12.3. The van der Waals surface area contributed by atoms with E-state index in [0.29, 0.717) is 43.4 Å². The van der Waals surface area contributed by atoms with Crippen LogP contribution >= 0.6 is 0 Å². The number of benzene rings is 1. The molecule has 0 spiro atoms. The Balaban J connectivity index is 1.79. The van der Waals surface area contributed by atoms with E-state index in [4.69, 9.17) is 9.47 Å². The monoisotopic (exact) mass is 263 g/mol. The first-order chi connectivity index (χ1) is 9.24. The predicted octanol–water partition coefficient (Wildman–Crippen LogP) is 1.05. The lowest BCUT2D eigenvalue weighted by molar-refractivity contribution is 0.0473. The molecule has 0 radical (unpaired) electrons. The van der Waals surface area contributed by atoms with Gasteiger partial charge in [0, 0.05) is 18.7 Å². The number of amides is 1. The predicted molar refractivity (Wildman–Crippen MR) is 68.6 cm³/mol. The molecule has 1 amide bonds. The maximum Gasteiger partial charge on any atom is 0.254 e. The zero-order valence-electron chi connectivity index (χ0n) is 10.7. The molecule has 2 heterocycles. The van der Waals surface area contributed by atoms with Gasteiger partial charge >= 0.3 is 0 Å². The molecule has 1 aromatic rings. The molecule has 1 atom stereocenters. The van der Waals surface area contributed by atoms with Crippen molar-refractivity contribution in [3.05, 3.63) is 23.8 Å². The fourth-order valence-electron chi connectivity index (χ4n) is 2.50. The third-order valence-electron chi connectivity index (χ3n) is 3.47. The van der Waals surface area contributed by atoms with Crippen LogP contribution in [0.15, 0.2) is 18.2 Å². The van der Waals surface area contributed by atoms with Crippen LogP contribution in [0.5, 0.6) is 11.5 Å². The zero-order valence-corrected chi connectivity index (χ0v) is 10.7. The lowest BCUT2D eigenvalue weighted by Gasteiger charge is -2.30. The molecule has 0 aromatic heterocycles. The molecule has 102 valence electrons. The second-order valence-electron chi connectivity index (χ2n) is 4.91. The summed E-state index contributed by atoms with van der Waals surface area (Å²) in [5.41, 5.74) is 0.582. The van der Waals surface area contributed by atoms with Crippen LogP contribution in [0.4, 0.5) is 0 Å². The lowest BCUT2D eigenvalue weighted by atomic mass is 10.1. The number of nitrogens with zero attached hydrogens (tertiary/aromatic N) is 1. The molecule has 1 saturated heterocycles. The van der Waals surface area contributed by atoms with Crippen LogP contribution < -0.4 is 9.47 Å². The number of likely N-dealkylation sites (tertiary alicyclic amines) is 1. The van der Waals surface area contributed by atoms with Gasteiger partial charge in [-0.2, -0.15) is 0 Å². The Morgan fingerprint density at radius 3 is 2.84 bits per heavy atom. The van der Waals surface area contributed by atoms with Crippen molar-refractivity contribution in [3.63, 3.8) is 0 Å². The molecule has 0 bridgehead atoms. The van der Waals surface area contributed by atoms with Crippen molar-refractivity contribution >= 4 is 5.91 Å². The van der Waals surface area contributed by atoms with E-state index >= 15 is 0 Å². The Labute approximate surface area is 111 Å². The van der Waals surface area contributed by atoms with Crippen molar-refractivity contribution < 1.29 is 19.4 Å². The number of hydrogen-bond acceptors (Lipinski definition) is 4. The molecule has 3 rings (SSSR count). The van der Waals surface area contributed by atoms with Crippen LogP contribution in [-0.2, 0) is 0 Å². The van der Waals surface area contributed by atoms with Gasteiger partial charge in [0.1, 0.15) is 13.2 Å². The first-order valence-electron chi connectivity index (χ1n) is 6.61. The van der Waals surface area contributed by atoms with Gasteiger partial charge in [-0.15, -0.1) is 0 Å². The minimum atomic E-state index is -0.407. The van der Waals surface area contributed by atoms with Gasteiger partial charge in [0.15, 0.2) is 11.5 Å². The Bertz CT molecular complexity index is 488. The van der Waals surface area contributed by atoms with Gasteiger partial charge in [-0.25, -0.2) is 0 Å². The summed E-state index contributed by atoms with van der Waals surface area (Å²) < 4.78 is 10.9. The lowest BCUT2D eigenvalue weighted by Crippen LogP contribution is -2.42. The van der Waals surface area contributed by atoms with E-state index in [0.717, 1.165) is 12.8 Å². The van der Waals surface area contributed by atoms with E-state index in [2.05, 4.69) is 0 Å². The van der Waals surface area contributed by atoms with Crippen LogP contribution in [0.25, 0.3) is 0 Å². The smallest absolute Gasteiger partial charge is 0.254 e. The third kappa shape index (κ3) is 2.51. The average Bonchev–Trinajstić information content (AvgIpc) is 2.46.